The Morgan fingerprint density at radius 2 is 1.95 bits per heavy atom. The molecule has 1 saturated heterocycles. The predicted octanol–water partition coefficient (Wildman–Crippen LogP) is 2.82. The van der Waals surface area contributed by atoms with E-state index in [0.29, 0.717) is 5.92 Å². The molecule has 2 aromatic rings. The van der Waals surface area contributed by atoms with Crippen molar-refractivity contribution in [3.63, 3.8) is 0 Å². The highest BCUT2D eigenvalue weighted by atomic mass is 32.1. The van der Waals surface area contributed by atoms with Crippen LogP contribution < -0.4 is 4.90 Å². The number of nitrogens with zero attached hydrogens (tertiary/aromatic N) is 5. The summed E-state index contributed by atoms with van der Waals surface area (Å²) in [7, 11) is 0. The first-order chi connectivity index (χ1) is 10.7. The van der Waals surface area contributed by atoms with Crippen LogP contribution in [0.2, 0.25) is 0 Å². The van der Waals surface area contributed by atoms with Crippen LogP contribution in [0.5, 0.6) is 0 Å². The monoisotopic (exact) mass is 315 g/mol. The number of piperidine rings is 1. The van der Waals surface area contributed by atoms with Gasteiger partial charge in [0.1, 0.15) is 0 Å². The van der Waals surface area contributed by atoms with Crippen LogP contribution in [0.15, 0.2) is 0 Å². The molecule has 5 nitrogen and oxygen atoms in total. The van der Waals surface area contributed by atoms with E-state index in [9.17, 15) is 0 Å². The van der Waals surface area contributed by atoms with E-state index >= 15 is 0 Å². The number of aryl methyl sites for hydroxylation is 4. The molecule has 2 aromatic heterocycles. The van der Waals surface area contributed by atoms with Crippen LogP contribution in [0.3, 0.4) is 0 Å². The maximum atomic E-state index is 4.91. The molecule has 1 atom stereocenters. The molecule has 1 fully saturated rings. The minimum absolute atomic E-state index is 0.523. The highest BCUT2D eigenvalue weighted by molar-refractivity contribution is 7.11. The summed E-state index contributed by atoms with van der Waals surface area (Å²) in [6.07, 6.45) is 6.08. The topological polar surface area (TPSA) is 54.8 Å². The van der Waals surface area contributed by atoms with E-state index in [-0.39, 0.29) is 0 Å². The number of aromatic nitrogens is 4. The molecule has 0 radical (unpaired) electrons. The maximum Gasteiger partial charge on any atom is 0.245 e. The molecule has 1 aliphatic heterocycles. The lowest BCUT2D eigenvalue weighted by atomic mass is 9.99. The van der Waals surface area contributed by atoms with Crippen molar-refractivity contribution in [2.75, 3.05) is 18.0 Å². The zero-order valence-corrected chi connectivity index (χ0v) is 14.0. The van der Waals surface area contributed by atoms with E-state index in [4.69, 9.17) is 4.98 Å². The van der Waals surface area contributed by atoms with Crippen LogP contribution in [-0.4, -0.2) is 33.3 Å². The normalized spacial score (nSPS) is 21.2. The van der Waals surface area contributed by atoms with Crippen molar-refractivity contribution >= 4 is 17.3 Å². The molecule has 1 aliphatic carbocycles. The molecule has 6 heteroatoms. The van der Waals surface area contributed by atoms with E-state index in [2.05, 4.69) is 20.1 Å². The average Bonchev–Trinajstić information content (AvgIpc) is 3.11. The summed E-state index contributed by atoms with van der Waals surface area (Å²) in [4.78, 5) is 13.3. The summed E-state index contributed by atoms with van der Waals surface area (Å²) >= 11 is 1.94. The van der Waals surface area contributed by atoms with Gasteiger partial charge in [-0.15, -0.1) is 16.4 Å². The smallest absolute Gasteiger partial charge is 0.245 e. The molecule has 4 rings (SSSR count). The van der Waals surface area contributed by atoms with Crippen molar-refractivity contribution in [2.24, 2.45) is 0 Å². The summed E-state index contributed by atoms with van der Waals surface area (Å²) in [5.74, 6) is 1.30. The second-order valence-corrected chi connectivity index (χ2v) is 7.46. The number of hydrogen-bond acceptors (Lipinski definition) is 6. The third kappa shape index (κ3) is 2.49. The van der Waals surface area contributed by atoms with Gasteiger partial charge in [-0.3, -0.25) is 0 Å². The Morgan fingerprint density at radius 3 is 2.77 bits per heavy atom. The Kier molecular flexibility index (Phi) is 3.56. The van der Waals surface area contributed by atoms with Crippen LogP contribution >= 0.6 is 11.3 Å². The number of anilines is 1. The quantitative estimate of drug-likeness (QED) is 0.853. The summed E-state index contributed by atoms with van der Waals surface area (Å²) in [5.41, 5.74) is 3.25. The van der Waals surface area contributed by atoms with E-state index in [1.54, 1.807) is 0 Å². The van der Waals surface area contributed by atoms with Gasteiger partial charge in [0.05, 0.1) is 22.1 Å². The molecule has 0 saturated carbocycles. The van der Waals surface area contributed by atoms with Crippen molar-refractivity contribution in [2.45, 2.75) is 51.9 Å². The Balaban J connectivity index is 1.54. The van der Waals surface area contributed by atoms with Crippen LogP contribution in [0.25, 0.3) is 0 Å². The Morgan fingerprint density at radius 1 is 1.05 bits per heavy atom. The molecule has 0 unspecified atom stereocenters. The van der Waals surface area contributed by atoms with Gasteiger partial charge < -0.3 is 4.90 Å². The third-order valence-electron chi connectivity index (χ3n) is 4.75. The van der Waals surface area contributed by atoms with Gasteiger partial charge in [-0.25, -0.2) is 9.97 Å². The van der Waals surface area contributed by atoms with E-state index in [1.165, 1.54) is 47.7 Å². The molecule has 0 bridgehead atoms. The summed E-state index contributed by atoms with van der Waals surface area (Å²) in [6, 6.07) is 0. The molecule has 0 spiro atoms. The SMILES string of the molecule is Cc1nnc(N2CCC[C@H](c3nc4c(s3)CCC4)C2)nc1C. The average molecular weight is 315 g/mol. The van der Waals surface area contributed by atoms with Gasteiger partial charge in [0.25, 0.3) is 0 Å². The fourth-order valence-corrected chi connectivity index (χ4v) is 4.60. The van der Waals surface area contributed by atoms with E-state index in [0.717, 1.165) is 30.4 Å². The standard InChI is InChI=1S/C16H21N5S/c1-10-11(2)19-20-16(17-10)21-8-4-5-12(9-21)15-18-13-6-3-7-14(13)22-15/h12H,3-9H2,1-2H3/t12-/m0/s1. The zero-order valence-electron chi connectivity index (χ0n) is 13.2. The Hall–Kier alpha value is -1.56. The lowest BCUT2D eigenvalue weighted by molar-refractivity contribution is 0.498. The lowest BCUT2D eigenvalue weighted by Crippen LogP contribution is -2.36. The molecule has 0 aromatic carbocycles. The first-order valence-corrected chi connectivity index (χ1v) is 8.93. The van der Waals surface area contributed by atoms with Crippen molar-refractivity contribution in [3.05, 3.63) is 27.0 Å². The summed E-state index contributed by atoms with van der Waals surface area (Å²) < 4.78 is 0. The van der Waals surface area contributed by atoms with Crippen molar-refractivity contribution in [1.82, 2.24) is 20.2 Å². The second kappa shape index (κ2) is 5.57. The maximum absolute atomic E-state index is 4.91. The number of rotatable bonds is 2. The zero-order chi connectivity index (χ0) is 15.1. The molecule has 2 aliphatic rings. The Bertz CT molecular complexity index is 674. The first kappa shape index (κ1) is 14.1. The first-order valence-electron chi connectivity index (χ1n) is 8.12. The molecular weight excluding hydrogens is 294 g/mol. The predicted molar refractivity (Wildman–Crippen MR) is 87.6 cm³/mol. The molecule has 3 heterocycles. The highest BCUT2D eigenvalue weighted by Crippen LogP contribution is 2.35. The fourth-order valence-electron chi connectivity index (χ4n) is 3.32. The Labute approximate surface area is 134 Å². The highest BCUT2D eigenvalue weighted by Gasteiger charge is 2.27. The van der Waals surface area contributed by atoms with Crippen molar-refractivity contribution < 1.29 is 0 Å². The van der Waals surface area contributed by atoms with Crippen molar-refractivity contribution in [1.29, 1.82) is 0 Å². The number of hydrogen-bond donors (Lipinski definition) is 0. The van der Waals surface area contributed by atoms with Gasteiger partial charge in [-0.05, 0) is 46.0 Å². The van der Waals surface area contributed by atoms with Crippen LogP contribution in [0, 0.1) is 13.8 Å². The minimum atomic E-state index is 0.523. The summed E-state index contributed by atoms with van der Waals surface area (Å²) in [5, 5.41) is 9.84. The van der Waals surface area contributed by atoms with Gasteiger partial charge in [-0.1, -0.05) is 0 Å². The second-order valence-electron chi connectivity index (χ2n) is 6.34. The number of thiazole rings is 1. The lowest BCUT2D eigenvalue weighted by Gasteiger charge is -2.31. The minimum Gasteiger partial charge on any atom is -0.339 e. The van der Waals surface area contributed by atoms with Gasteiger partial charge in [-0.2, -0.15) is 5.10 Å². The van der Waals surface area contributed by atoms with E-state index < -0.39 is 0 Å². The van der Waals surface area contributed by atoms with Gasteiger partial charge in [0.2, 0.25) is 5.95 Å². The molecule has 22 heavy (non-hydrogen) atoms. The molecule has 116 valence electrons. The molecular formula is C16H21N5S. The molecule has 0 amide bonds. The van der Waals surface area contributed by atoms with E-state index in [1.807, 2.05) is 25.2 Å². The van der Waals surface area contributed by atoms with Gasteiger partial charge in [0, 0.05) is 23.9 Å². The van der Waals surface area contributed by atoms with Crippen LogP contribution in [-0.2, 0) is 12.8 Å². The largest absolute Gasteiger partial charge is 0.339 e. The number of fused-ring (bicyclic) bond motifs is 1. The van der Waals surface area contributed by atoms with Crippen LogP contribution in [0.1, 0.15) is 52.1 Å². The molecule has 0 N–H and O–H groups in total. The van der Waals surface area contributed by atoms with Gasteiger partial charge >= 0.3 is 0 Å². The van der Waals surface area contributed by atoms with Gasteiger partial charge in [0.15, 0.2) is 0 Å². The van der Waals surface area contributed by atoms with Crippen molar-refractivity contribution in [3.8, 4) is 0 Å². The fraction of sp³-hybridized carbons (Fsp3) is 0.625. The third-order valence-corrected chi connectivity index (χ3v) is 6.07. The van der Waals surface area contributed by atoms with Crippen LogP contribution in [0.4, 0.5) is 5.95 Å². The summed E-state index contributed by atoms with van der Waals surface area (Å²) in [6.45, 7) is 5.94.